The van der Waals surface area contributed by atoms with E-state index in [1.807, 2.05) is 0 Å². The Morgan fingerprint density at radius 3 is 2.81 bits per heavy atom. The third-order valence-corrected chi connectivity index (χ3v) is 5.22. The highest BCUT2D eigenvalue weighted by atomic mass is 32.2. The number of nitrogens with zero attached hydrogens (tertiary/aromatic N) is 1. The summed E-state index contributed by atoms with van der Waals surface area (Å²) in [6.07, 6.45) is 0. The van der Waals surface area contributed by atoms with E-state index >= 15 is 0 Å². The van der Waals surface area contributed by atoms with Gasteiger partial charge < -0.3 is 14.7 Å². The van der Waals surface area contributed by atoms with Gasteiger partial charge in [-0.05, 0) is 37.3 Å². The van der Waals surface area contributed by atoms with Gasteiger partial charge in [-0.25, -0.2) is 4.39 Å². The SMILES string of the molecule is CC(Sc1ccccc1C(=O)N1CCOc2ccc(F)cc2C1)C(=O)O. The lowest BCUT2D eigenvalue weighted by Crippen LogP contribution is -2.33. The Morgan fingerprint density at radius 1 is 1.27 bits per heavy atom. The molecule has 2 aromatic carbocycles. The zero-order chi connectivity index (χ0) is 18.7. The van der Waals surface area contributed by atoms with E-state index in [9.17, 15) is 14.0 Å². The number of hydrogen-bond acceptors (Lipinski definition) is 4. The van der Waals surface area contributed by atoms with Gasteiger partial charge in [0, 0.05) is 17.0 Å². The summed E-state index contributed by atoms with van der Waals surface area (Å²) < 4.78 is 19.1. The molecule has 0 radical (unpaired) electrons. The standard InChI is InChI=1S/C19H18FNO4S/c1-12(19(23)24)26-17-5-3-2-4-15(17)18(22)21-8-9-25-16-7-6-14(20)10-13(16)11-21/h2-7,10,12H,8-9,11H2,1H3,(H,23,24). The Balaban J connectivity index is 1.86. The topological polar surface area (TPSA) is 66.8 Å². The van der Waals surface area contributed by atoms with Crippen molar-refractivity contribution < 1.29 is 23.8 Å². The first-order valence-electron chi connectivity index (χ1n) is 8.14. The highest BCUT2D eigenvalue weighted by Crippen LogP contribution is 2.30. The number of ether oxygens (including phenoxy) is 1. The van der Waals surface area contributed by atoms with Crippen LogP contribution in [0.5, 0.6) is 5.75 Å². The number of carboxylic acid groups (broad SMARTS) is 1. The maximum Gasteiger partial charge on any atom is 0.316 e. The first-order chi connectivity index (χ1) is 12.5. The van der Waals surface area contributed by atoms with Crippen LogP contribution in [0.25, 0.3) is 0 Å². The minimum atomic E-state index is -0.940. The molecule has 3 rings (SSSR count). The Morgan fingerprint density at radius 2 is 2.04 bits per heavy atom. The average molecular weight is 375 g/mol. The van der Waals surface area contributed by atoms with Crippen molar-refractivity contribution >= 4 is 23.6 Å². The highest BCUT2D eigenvalue weighted by Gasteiger charge is 2.24. The Kier molecular flexibility index (Phi) is 5.46. The number of benzene rings is 2. The van der Waals surface area contributed by atoms with Crippen LogP contribution in [-0.4, -0.2) is 40.3 Å². The molecule has 26 heavy (non-hydrogen) atoms. The number of thioether (sulfide) groups is 1. The Hall–Kier alpha value is -2.54. The predicted molar refractivity (Wildman–Crippen MR) is 96.0 cm³/mol. The molecule has 0 spiro atoms. The van der Waals surface area contributed by atoms with Crippen LogP contribution >= 0.6 is 11.8 Å². The molecular weight excluding hydrogens is 357 g/mol. The van der Waals surface area contributed by atoms with Crippen molar-refractivity contribution in [2.24, 2.45) is 0 Å². The van der Waals surface area contributed by atoms with Crippen molar-refractivity contribution in [1.29, 1.82) is 0 Å². The van der Waals surface area contributed by atoms with Gasteiger partial charge in [0.1, 0.15) is 23.4 Å². The first kappa shape index (κ1) is 18.3. The van der Waals surface area contributed by atoms with E-state index in [0.29, 0.717) is 34.9 Å². The third kappa shape index (κ3) is 3.99. The zero-order valence-corrected chi connectivity index (χ0v) is 15.0. The summed E-state index contributed by atoms with van der Waals surface area (Å²) in [5.41, 5.74) is 1.05. The van der Waals surface area contributed by atoms with Gasteiger partial charge >= 0.3 is 5.97 Å². The molecule has 0 aliphatic carbocycles. The van der Waals surface area contributed by atoms with E-state index in [2.05, 4.69) is 0 Å². The normalized spacial score (nSPS) is 14.8. The molecule has 1 heterocycles. The molecule has 0 fully saturated rings. The molecule has 1 aliphatic rings. The molecule has 0 aromatic heterocycles. The van der Waals surface area contributed by atoms with Gasteiger partial charge in [-0.2, -0.15) is 0 Å². The lowest BCUT2D eigenvalue weighted by Gasteiger charge is -2.21. The van der Waals surface area contributed by atoms with Gasteiger partial charge in [-0.15, -0.1) is 11.8 Å². The van der Waals surface area contributed by atoms with E-state index < -0.39 is 11.2 Å². The zero-order valence-electron chi connectivity index (χ0n) is 14.1. The monoisotopic (exact) mass is 375 g/mol. The molecule has 2 aromatic rings. The molecule has 0 bridgehead atoms. The van der Waals surface area contributed by atoms with Crippen LogP contribution in [0.15, 0.2) is 47.4 Å². The lowest BCUT2D eigenvalue weighted by molar-refractivity contribution is -0.136. The third-order valence-electron chi connectivity index (χ3n) is 4.06. The lowest BCUT2D eigenvalue weighted by atomic mass is 10.1. The molecule has 1 N–H and O–H groups in total. The van der Waals surface area contributed by atoms with Crippen molar-refractivity contribution in [2.75, 3.05) is 13.2 Å². The minimum Gasteiger partial charge on any atom is -0.491 e. The minimum absolute atomic E-state index is 0.230. The van der Waals surface area contributed by atoms with Gasteiger partial charge in [0.15, 0.2) is 0 Å². The number of halogens is 1. The molecule has 1 atom stereocenters. The van der Waals surface area contributed by atoms with Gasteiger partial charge in [0.2, 0.25) is 0 Å². The van der Waals surface area contributed by atoms with E-state index in [4.69, 9.17) is 9.84 Å². The van der Waals surface area contributed by atoms with Crippen molar-refractivity contribution in [3.8, 4) is 5.75 Å². The van der Waals surface area contributed by atoms with Crippen LogP contribution in [-0.2, 0) is 11.3 Å². The molecule has 5 nitrogen and oxygen atoms in total. The number of carbonyl (C=O) groups is 2. The molecule has 136 valence electrons. The number of amides is 1. The second-order valence-corrected chi connectivity index (χ2v) is 7.30. The summed E-state index contributed by atoms with van der Waals surface area (Å²) in [5, 5.41) is 8.45. The summed E-state index contributed by atoms with van der Waals surface area (Å²) in [4.78, 5) is 26.4. The fraction of sp³-hybridized carbons (Fsp3) is 0.263. The fourth-order valence-electron chi connectivity index (χ4n) is 2.69. The summed E-state index contributed by atoms with van der Waals surface area (Å²) in [6.45, 7) is 2.49. The number of rotatable bonds is 4. The predicted octanol–water partition coefficient (Wildman–Crippen LogP) is 3.43. The summed E-state index contributed by atoms with van der Waals surface area (Å²) >= 11 is 1.13. The average Bonchev–Trinajstić information content (AvgIpc) is 2.83. The summed E-state index contributed by atoms with van der Waals surface area (Å²) in [5.74, 6) is -0.979. The van der Waals surface area contributed by atoms with Crippen molar-refractivity contribution in [1.82, 2.24) is 4.90 Å². The molecule has 7 heteroatoms. The number of aliphatic carboxylic acids is 1. The quantitative estimate of drug-likeness (QED) is 0.830. The summed E-state index contributed by atoms with van der Waals surface area (Å²) in [7, 11) is 0. The number of carboxylic acids is 1. The number of fused-ring (bicyclic) bond motifs is 1. The maximum atomic E-state index is 13.5. The number of carbonyl (C=O) groups excluding carboxylic acids is 1. The van der Waals surface area contributed by atoms with E-state index in [1.165, 1.54) is 12.1 Å². The molecule has 1 aliphatic heterocycles. The molecule has 0 saturated heterocycles. The maximum absolute atomic E-state index is 13.5. The Bertz CT molecular complexity index is 842. The molecule has 1 amide bonds. The first-order valence-corrected chi connectivity index (χ1v) is 9.02. The van der Waals surface area contributed by atoms with Crippen molar-refractivity contribution in [3.05, 3.63) is 59.4 Å². The molecular formula is C19H18FNO4S. The summed E-state index contributed by atoms with van der Waals surface area (Å²) in [6, 6.07) is 11.2. The van der Waals surface area contributed by atoms with E-state index in [0.717, 1.165) is 11.8 Å². The molecule has 1 unspecified atom stereocenters. The number of hydrogen-bond donors (Lipinski definition) is 1. The second kappa shape index (κ2) is 7.78. The van der Waals surface area contributed by atoms with Crippen molar-refractivity contribution in [3.63, 3.8) is 0 Å². The smallest absolute Gasteiger partial charge is 0.316 e. The van der Waals surface area contributed by atoms with Crippen LogP contribution in [0.4, 0.5) is 4.39 Å². The van der Waals surface area contributed by atoms with E-state index in [1.54, 1.807) is 42.2 Å². The van der Waals surface area contributed by atoms with Crippen LogP contribution in [0.2, 0.25) is 0 Å². The van der Waals surface area contributed by atoms with Gasteiger partial charge in [-0.3, -0.25) is 9.59 Å². The largest absolute Gasteiger partial charge is 0.491 e. The highest BCUT2D eigenvalue weighted by molar-refractivity contribution is 8.00. The van der Waals surface area contributed by atoms with Gasteiger partial charge in [0.25, 0.3) is 5.91 Å². The molecule has 0 saturated carbocycles. The van der Waals surface area contributed by atoms with E-state index in [-0.39, 0.29) is 18.3 Å². The fourth-order valence-corrected chi connectivity index (χ4v) is 3.61. The second-order valence-electron chi connectivity index (χ2n) is 5.92. The van der Waals surface area contributed by atoms with Gasteiger partial charge in [0.05, 0.1) is 12.1 Å². The van der Waals surface area contributed by atoms with Crippen molar-refractivity contribution in [2.45, 2.75) is 23.6 Å². The Labute approximate surface area is 154 Å². The van der Waals surface area contributed by atoms with Crippen LogP contribution in [0.3, 0.4) is 0 Å². The van der Waals surface area contributed by atoms with Gasteiger partial charge in [-0.1, -0.05) is 12.1 Å². The van der Waals surface area contributed by atoms with Crippen LogP contribution in [0, 0.1) is 5.82 Å². The van der Waals surface area contributed by atoms with Crippen LogP contribution < -0.4 is 4.74 Å². The van der Waals surface area contributed by atoms with Crippen LogP contribution in [0.1, 0.15) is 22.8 Å².